The molecule has 3 heteroatoms. The largest absolute Gasteiger partial charge is 0.399 e. The van der Waals surface area contributed by atoms with Gasteiger partial charge in [-0.25, -0.2) is 0 Å². The van der Waals surface area contributed by atoms with E-state index >= 15 is 0 Å². The van der Waals surface area contributed by atoms with Gasteiger partial charge in [0.25, 0.3) is 0 Å². The molecule has 1 aromatic rings. The molecule has 0 saturated carbocycles. The van der Waals surface area contributed by atoms with Gasteiger partial charge in [-0.15, -0.1) is 0 Å². The first kappa shape index (κ1) is 12.9. The van der Waals surface area contributed by atoms with Crippen molar-refractivity contribution in [2.45, 2.75) is 39.3 Å². The molecule has 2 rings (SSSR count). The summed E-state index contributed by atoms with van der Waals surface area (Å²) in [5, 5.41) is 0. The van der Waals surface area contributed by atoms with Crippen LogP contribution in [0, 0.1) is 5.92 Å². The molecule has 2 unspecified atom stereocenters. The normalized spacial score (nSPS) is 26.1. The van der Waals surface area contributed by atoms with Crippen molar-refractivity contribution >= 4 is 21.6 Å². The Kier molecular flexibility index (Phi) is 4.10. The number of likely N-dealkylation sites (tertiary alicyclic amines) is 1. The van der Waals surface area contributed by atoms with Gasteiger partial charge in [0.2, 0.25) is 0 Å². The second kappa shape index (κ2) is 5.40. The van der Waals surface area contributed by atoms with Gasteiger partial charge in [-0.3, -0.25) is 4.90 Å². The van der Waals surface area contributed by atoms with Crippen LogP contribution in [0.25, 0.3) is 0 Å². The zero-order valence-corrected chi connectivity index (χ0v) is 12.2. The average Bonchev–Trinajstić information content (AvgIpc) is 2.28. The van der Waals surface area contributed by atoms with Gasteiger partial charge in [0.15, 0.2) is 0 Å². The highest BCUT2D eigenvalue weighted by Crippen LogP contribution is 2.27. The van der Waals surface area contributed by atoms with Gasteiger partial charge < -0.3 is 5.73 Å². The monoisotopic (exact) mass is 296 g/mol. The third-order valence-corrected chi connectivity index (χ3v) is 4.69. The number of benzene rings is 1. The maximum Gasteiger partial charge on any atom is 0.0325 e. The first-order valence-corrected chi connectivity index (χ1v) is 7.15. The number of hydrogen-bond acceptors (Lipinski definition) is 2. The maximum atomic E-state index is 5.77. The van der Waals surface area contributed by atoms with Crippen molar-refractivity contribution in [3.05, 3.63) is 28.2 Å². The molecule has 1 saturated heterocycles. The van der Waals surface area contributed by atoms with Gasteiger partial charge >= 0.3 is 0 Å². The fourth-order valence-electron chi connectivity index (χ4n) is 2.55. The number of nitrogens with two attached hydrogens (primary N) is 1. The Morgan fingerprint density at radius 1 is 1.41 bits per heavy atom. The minimum absolute atomic E-state index is 0.674. The van der Waals surface area contributed by atoms with Gasteiger partial charge in [0.05, 0.1) is 0 Å². The molecule has 0 amide bonds. The quantitative estimate of drug-likeness (QED) is 0.844. The van der Waals surface area contributed by atoms with E-state index in [9.17, 15) is 0 Å². The standard InChI is InChI=1S/C14H21BrN2/c1-10-4-3-7-17(11(10)2)9-12-5-6-13(16)8-14(12)15/h5-6,8,10-11H,3-4,7,9,16H2,1-2H3. The molecule has 1 aromatic carbocycles. The van der Waals surface area contributed by atoms with Crippen LogP contribution in [0.1, 0.15) is 32.3 Å². The Hall–Kier alpha value is -0.540. The lowest BCUT2D eigenvalue weighted by atomic mass is 9.92. The first-order valence-electron chi connectivity index (χ1n) is 6.36. The van der Waals surface area contributed by atoms with Crippen LogP contribution in [0.5, 0.6) is 0 Å². The summed E-state index contributed by atoms with van der Waals surface area (Å²) in [4.78, 5) is 2.57. The third kappa shape index (κ3) is 3.02. The molecule has 1 fully saturated rings. The van der Waals surface area contributed by atoms with E-state index in [2.05, 4.69) is 40.7 Å². The maximum absolute atomic E-state index is 5.77. The molecule has 1 heterocycles. The zero-order valence-electron chi connectivity index (χ0n) is 10.6. The fraction of sp³-hybridized carbons (Fsp3) is 0.571. The Bertz CT molecular complexity index is 392. The van der Waals surface area contributed by atoms with Gasteiger partial charge in [0.1, 0.15) is 0 Å². The van der Waals surface area contributed by atoms with Crippen molar-refractivity contribution in [3.63, 3.8) is 0 Å². The van der Waals surface area contributed by atoms with E-state index in [4.69, 9.17) is 5.73 Å². The number of anilines is 1. The molecule has 2 atom stereocenters. The van der Waals surface area contributed by atoms with Crippen LogP contribution < -0.4 is 5.73 Å². The van der Waals surface area contributed by atoms with Crippen molar-refractivity contribution < 1.29 is 0 Å². The van der Waals surface area contributed by atoms with Crippen LogP contribution in [0.4, 0.5) is 5.69 Å². The summed E-state index contributed by atoms with van der Waals surface area (Å²) >= 11 is 3.60. The molecule has 0 radical (unpaired) electrons. The molecule has 94 valence electrons. The molecular weight excluding hydrogens is 276 g/mol. The summed E-state index contributed by atoms with van der Waals surface area (Å²) in [5.41, 5.74) is 7.92. The first-order chi connectivity index (χ1) is 8.08. The highest BCUT2D eigenvalue weighted by molar-refractivity contribution is 9.10. The lowest BCUT2D eigenvalue weighted by Crippen LogP contribution is -2.41. The predicted molar refractivity (Wildman–Crippen MR) is 76.8 cm³/mol. The van der Waals surface area contributed by atoms with Crippen molar-refractivity contribution in [1.29, 1.82) is 0 Å². The highest BCUT2D eigenvalue weighted by Gasteiger charge is 2.24. The molecule has 0 spiro atoms. The smallest absolute Gasteiger partial charge is 0.0325 e. The predicted octanol–water partition coefficient (Wildman–Crippen LogP) is 3.65. The van der Waals surface area contributed by atoms with E-state index in [-0.39, 0.29) is 0 Å². The third-order valence-electron chi connectivity index (χ3n) is 3.95. The number of hydrogen-bond donors (Lipinski definition) is 1. The molecule has 0 aliphatic carbocycles. The van der Waals surface area contributed by atoms with Gasteiger partial charge in [-0.05, 0) is 49.9 Å². The average molecular weight is 297 g/mol. The van der Waals surface area contributed by atoms with Crippen molar-refractivity contribution in [1.82, 2.24) is 4.90 Å². The molecule has 0 aromatic heterocycles. The molecule has 17 heavy (non-hydrogen) atoms. The fourth-order valence-corrected chi connectivity index (χ4v) is 3.08. The minimum atomic E-state index is 0.674. The lowest BCUT2D eigenvalue weighted by Gasteiger charge is -2.38. The van der Waals surface area contributed by atoms with Crippen LogP contribution in [0.2, 0.25) is 0 Å². The summed E-state index contributed by atoms with van der Waals surface area (Å²) in [6, 6.07) is 6.78. The number of halogens is 1. The molecule has 2 nitrogen and oxygen atoms in total. The van der Waals surface area contributed by atoms with E-state index in [1.165, 1.54) is 24.9 Å². The molecule has 1 aliphatic heterocycles. The van der Waals surface area contributed by atoms with Crippen molar-refractivity contribution in [2.24, 2.45) is 5.92 Å². The molecular formula is C14H21BrN2. The summed E-state index contributed by atoms with van der Waals surface area (Å²) in [5.74, 6) is 0.802. The molecule has 1 aliphatic rings. The molecule has 2 N–H and O–H groups in total. The van der Waals surface area contributed by atoms with E-state index in [1.807, 2.05) is 12.1 Å². The second-order valence-electron chi connectivity index (χ2n) is 5.18. The summed E-state index contributed by atoms with van der Waals surface area (Å²) in [6.07, 6.45) is 2.68. The van der Waals surface area contributed by atoms with Crippen LogP contribution in [-0.2, 0) is 6.54 Å². The number of piperidine rings is 1. The van der Waals surface area contributed by atoms with Crippen LogP contribution >= 0.6 is 15.9 Å². The minimum Gasteiger partial charge on any atom is -0.399 e. The van der Waals surface area contributed by atoms with E-state index in [0.717, 1.165) is 22.6 Å². The highest BCUT2D eigenvalue weighted by atomic mass is 79.9. The van der Waals surface area contributed by atoms with E-state index in [0.29, 0.717) is 6.04 Å². The Balaban J connectivity index is 2.09. The van der Waals surface area contributed by atoms with E-state index in [1.54, 1.807) is 0 Å². The van der Waals surface area contributed by atoms with Gasteiger partial charge in [0, 0.05) is 22.7 Å². The van der Waals surface area contributed by atoms with Gasteiger partial charge in [-0.2, -0.15) is 0 Å². The SMILES string of the molecule is CC1CCCN(Cc2ccc(N)cc2Br)C1C. The number of nitrogens with zero attached hydrogens (tertiary/aromatic N) is 1. The number of nitrogen functional groups attached to an aromatic ring is 1. The van der Waals surface area contributed by atoms with Crippen molar-refractivity contribution in [2.75, 3.05) is 12.3 Å². The van der Waals surface area contributed by atoms with Gasteiger partial charge in [-0.1, -0.05) is 28.9 Å². The molecule has 0 bridgehead atoms. The summed E-state index contributed by atoms with van der Waals surface area (Å²) < 4.78 is 1.13. The van der Waals surface area contributed by atoms with Crippen LogP contribution in [0.3, 0.4) is 0 Å². The summed E-state index contributed by atoms with van der Waals surface area (Å²) in [6.45, 7) is 6.93. The second-order valence-corrected chi connectivity index (χ2v) is 6.04. The Labute approximate surface area is 112 Å². The topological polar surface area (TPSA) is 29.3 Å². The van der Waals surface area contributed by atoms with Crippen LogP contribution in [-0.4, -0.2) is 17.5 Å². The lowest BCUT2D eigenvalue weighted by molar-refractivity contribution is 0.106. The summed E-state index contributed by atoms with van der Waals surface area (Å²) in [7, 11) is 0. The zero-order chi connectivity index (χ0) is 12.4. The Morgan fingerprint density at radius 2 is 2.18 bits per heavy atom. The van der Waals surface area contributed by atoms with E-state index < -0.39 is 0 Å². The van der Waals surface area contributed by atoms with Crippen molar-refractivity contribution in [3.8, 4) is 0 Å². The van der Waals surface area contributed by atoms with Crippen LogP contribution in [0.15, 0.2) is 22.7 Å². The Morgan fingerprint density at radius 3 is 2.88 bits per heavy atom. The number of rotatable bonds is 2.